The van der Waals surface area contributed by atoms with Gasteiger partial charge in [0.2, 0.25) is 0 Å². The molecule has 17 heavy (non-hydrogen) atoms. The van der Waals surface area contributed by atoms with E-state index in [1.165, 1.54) is 0 Å². The molecule has 0 aromatic heterocycles. The van der Waals surface area contributed by atoms with Crippen molar-refractivity contribution in [1.29, 1.82) is 0 Å². The third-order valence-electron chi connectivity index (χ3n) is 2.97. The van der Waals surface area contributed by atoms with Crippen LogP contribution in [0.5, 0.6) is 5.75 Å². The highest BCUT2D eigenvalue weighted by Crippen LogP contribution is 2.37. The average molecular weight is 235 g/mol. The maximum atomic E-state index is 12.0. The van der Waals surface area contributed by atoms with Crippen LogP contribution >= 0.6 is 0 Å². The molecule has 1 aromatic carbocycles. The van der Waals surface area contributed by atoms with Gasteiger partial charge in [-0.3, -0.25) is 4.79 Å². The third-order valence-corrected chi connectivity index (χ3v) is 2.97. The average Bonchev–Trinajstić information content (AvgIpc) is 2.27. The lowest BCUT2D eigenvalue weighted by Gasteiger charge is -2.37. The number of fused-ring (bicyclic) bond motifs is 1. The van der Waals surface area contributed by atoms with Crippen LogP contribution in [0.25, 0.3) is 0 Å². The molecule has 0 atom stereocenters. The zero-order chi connectivity index (χ0) is 12.6. The zero-order valence-electron chi connectivity index (χ0n) is 10.4. The second-order valence-electron chi connectivity index (χ2n) is 4.75. The van der Waals surface area contributed by atoms with Crippen molar-refractivity contribution in [2.45, 2.75) is 25.9 Å². The Morgan fingerprint density at radius 1 is 1.41 bits per heavy atom. The summed E-state index contributed by atoms with van der Waals surface area (Å²) < 4.78 is 5.68. The topological polar surface area (TPSA) is 49.8 Å². The zero-order valence-corrected chi connectivity index (χ0v) is 10.4. The first-order valence-corrected chi connectivity index (χ1v) is 5.66. The number of ether oxygens (including phenoxy) is 1. The molecule has 1 aliphatic rings. The summed E-state index contributed by atoms with van der Waals surface area (Å²) in [4.78, 5) is 13.6. The molecule has 0 spiro atoms. The minimum absolute atomic E-state index is 0.0638. The molecule has 0 unspecified atom stereocenters. The Morgan fingerprint density at radius 2 is 2.12 bits per heavy atom. The van der Waals surface area contributed by atoms with Gasteiger partial charge in [0.1, 0.15) is 5.75 Å². The van der Waals surface area contributed by atoms with Gasteiger partial charge in [-0.25, -0.2) is 0 Å². The standard InChI is InChI=1S/C13H17NO3/c1-13(2)12(16)14(3)10-8-9(6-7-15)4-5-11(10)17-13/h4-5,8,15H,6-7H2,1-3H3. The van der Waals surface area contributed by atoms with E-state index in [1.807, 2.05) is 18.2 Å². The molecule has 0 bridgehead atoms. The fourth-order valence-corrected chi connectivity index (χ4v) is 2.03. The molecule has 1 aliphatic heterocycles. The largest absolute Gasteiger partial charge is 0.476 e. The van der Waals surface area contributed by atoms with Crippen LogP contribution in [0.2, 0.25) is 0 Å². The molecule has 1 amide bonds. The molecule has 1 N–H and O–H groups in total. The number of carbonyl (C=O) groups is 1. The minimum Gasteiger partial charge on any atom is -0.476 e. The van der Waals surface area contributed by atoms with Crippen molar-refractivity contribution in [3.05, 3.63) is 23.8 Å². The molecular formula is C13H17NO3. The number of amides is 1. The molecule has 0 saturated carbocycles. The van der Waals surface area contributed by atoms with Gasteiger partial charge in [-0.05, 0) is 38.0 Å². The number of hydrogen-bond acceptors (Lipinski definition) is 3. The van der Waals surface area contributed by atoms with Crippen LogP contribution < -0.4 is 9.64 Å². The molecule has 0 fully saturated rings. The Bertz CT molecular complexity index is 454. The van der Waals surface area contributed by atoms with Gasteiger partial charge in [-0.2, -0.15) is 0 Å². The number of anilines is 1. The van der Waals surface area contributed by atoms with E-state index < -0.39 is 5.60 Å². The third kappa shape index (κ3) is 2.00. The van der Waals surface area contributed by atoms with Crippen molar-refractivity contribution >= 4 is 11.6 Å². The van der Waals surface area contributed by atoms with Crippen molar-refractivity contribution in [1.82, 2.24) is 0 Å². The summed E-state index contributed by atoms with van der Waals surface area (Å²) in [5.41, 5.74) is 0.940. The Labute approximate surface area is 101 Å². The lowest BCUT2D eigenvalue weighted by molar-refractivity contribution is -0.132. The molecule has 0 saturated heterocycles. The first-order valence-electron chi connectivity index (χ1n) is 5.66. The highest BCUT2D eigenvalue weighted by molar-refractivity contribution is 6.01. The summed E-state index contributed by atoms with van der Waals surface area (Å²) in [7, 11) is 1.74. The summed E-state index contributed by atoms with van der Waals surface area (Å²) in [6.07, 6.45) is 0.582. The fraction of sp³-hybridized carbons (Fsp3) is 0.462. The lowest BCUT2D eigenvalue weighted by atomic mass is 10.0. The number of benzene rings is 1. The smallest absolute Gasteiger partial charge is 0.270 e. The Kier molecular flexibility index (Phi) is 2.83. The fourth-order valence-electron chi connectivity index (χ4n) is 2.03. The van der Waals surface area contributed by atoms with Crippen LogP contribution in [-0.2, 0) is 11.2 Å². The van der Waals surface area contributed by atoms with Crippen LogP contribution in [-0.4, -0.2) is 30.3 Å². The molecule has 1 heterocycles. The number of likely N-dealkylation sites (N-methyl/N-ethyl adjacent to an activating group) is 1. The summed E-state index contributed by atoms with van der Waals surface area (Å²) >= 11 is 0. The summed E-state index contributed by atoms with van der Waals surface area (Å²) in [6, 6.07) is 5.65. The minimum atomic E-state index is -0.819. The van der Waals surface area contributed by atoms with E-state index in [0.29, 0.717) is 12.2 Å². The predicted molar refractivity (Wildman–Crippen MR) is 65.3 cm³/mol. The Morgan fingerprint density at radius 3 is 2.76 bits per heavy atom. The summed E-state index contributed by atoms with van der Waals surface area (Å²) in [6.45, 7) is 3.62. The lowest BCUT2D eigenvalue weighted by Crippen LogP contribution is -2.50. The SMILES string of the molecule is CN1C(=O)C(C)(C)Oc2ccc(CCO)cc21. The van der Waals surface area contributed by atoms with Gasteiger partial charge in [0.15, 0.2) is 5.60 Å². The van der Waals surface area contributed by atoms with Crippen molar-refractivity contribution in [2.75, 3.05) is 18.6 Å². The number of rotatable bonds is 2. The van der Waals surface area contributed by atoms with Crippen LogP contribution in [0.1, 0.15) is 19.4 Å². The van der Waals surface area contributed by atoms with E-state index in [1.54, 1.807) is 25.8 Å². The van der Waals surface area contributed by atoms with Gasteiger partial charge in [-0.1, -0.05) is 6.07 Å². The van der Waals surface area contributed by atoms with E-state index in [2.05, 4.69) is 0 Å². The highest BCUT2D eigenvalue weighted by Gasteiger charge is 2.39. The summed E-state index contributed by atoms with van der Waals surface area (Å²) in [5, 5.41) is 8.91. The van der Waals surface area contributed by atoms with E-state index in [9.17, 15) is 4.79 Å². The number of nitrogens with zero attached hydrogens (tertiary/aromatic N) is 1. The molecule has 4 nitrogen and oxygen atoms in total. The number of hydrogen-bond donors (Lipinski definition) is 1. The van der Waals surface area contributed by atoms with Gasteiger partial charge < -0.3 is 14.7 Å². The van der Waals surface area contributed by atoms with Crippen molar-refractivity contribution in [3.8, 4) is 5.75 Å². The second-order valence-corrected chi connectivity index (χ2v) is 4.75. The summed E-state index contributed by atoms with van der Waals surface area (Å²) in [5.74, 6) is 0.643. The molecule has 0 aliphatic carbocycles. The van der Waals surface area contributed by atoms with E-state index in [-0.39, 0.29) is 12.5 Å². The normalized spacial score (nSPS) is 17.6. The van der Waals surface area contributed by atoms with Crippen molar-refractivity contribution in [2.24, 2.45) is 0 Å². The molecular weight excluding hydrogens is 218 g/mol. The molecule has 4 heteroatoms. The number of aliphatic hydroxyl groups is 1. The first-order chi connectivity index (χ1) is 7.95. The van der Waals surface area contributed by atoms with Gasteiger partial charge in [-0.15, -0.1) is 0 Å². The van der Waals surface area contributed by atoms with Crippen LogP contribution in [0.4, 0.5) is 5.69 Å². The molecule has 2 rings (SSSR count). The van der Waals surface area contributed by atoms with Crippen molar-refractivity contribution in [3.63, 3.8) is 0 Å². The van der Waals surface area contributed by atoms with Gasteiger partial charge in [0.05, 0.1) is 5.69 Å². The monoisotopic (exact) mass is 235 g/mol. The predicted octanol–water partition coefficient (Wildman–Crippen LogP) is 1.36. The van der Waals surface area contributed by atoms with Crippen molar-refractivity contribution < 1.29 is 14.6 Å². The molecule has 92 valence electrons. The van der Waals surface area contributed by atoms with Gasteiger partial charge in [0, 0.05) is 13.7 Å². The second kappa shape index (κ2) is 4.04. The quantitative estimate of drug-likeness (QED) is 0.842. The van der Waals surface area contributed by atoms with E-state index >= 15 is 0 Å². The van der Waals surface area contributed by atoms with E-state index in [0.717, 1.165) is 11.3 Å². The first kappa shape index (κ1) is 11.9. The maximum Gasteiger partial charge on any atom is 0.270 e. The number of aliphatic hydroxyl groups excluding tert-OH is 1. The van der Waals surface area contributed by atoms with Crippen LogP contribution in [0.3, 0.4) is 0 Å². The van der Waals surface area contributed by atoms with Crippen LogP contribution in [0, 0.1) is 0 Å². The van der Waals surface area contributed by atoms with Gasteiger partial charge >= 0.3 is 0 Å². The highest BCUT2D eigenvalue weighted by atomic mass is 16.5. The Hall–Kier alpha value is -1.55. The van der Waals surface area contributed by atoms with Crippen LogP contribution in [0.15, 0.2) is 18.2 Å². The number of carbonyl (C=O) groups excluding carboxylic acids is 1. The van der Waals surface area contributed by atoms with Gasteiger partial charge in [0.25, 0.3) is 5.91 Å². The molecule has 1 aromatic rings. The Balaban J connectivity index is 2.43. The maximum absolute atomic E-state index is 12.0. The molecule has 0 radical (unpaired) electrons. The van der Waals surface area contributed by atoms with E-state index in [4.69, 9.17) is 9.84 Å².